The zero-order valence-electron chi connectivity index (χ0n) is 25.1. The number of nitrogens with zero attached hydrogens (tertiary/aromatic N) is 3. The number of benzene rings is 3. The van der Waals surface area contributed by atoms with Crippen LogP contribution in [0.4, 0.5) is 30.7 Å². The van der Waals surface area contributed by atoms with E-state index in [-0.39, 0.29) is 42.7 Å². The summed E-state index contributed by atoms with van der Waals surface area (Å²) >= 11 is 0. The van der Waals surface area contributed by atoms with Crippen molar-refractivity contribution in [3.05, 3.63) is 100 Å². The van der Waals surface area contributed by atoms with E-state index in [1.54, 1.807) is 77.9 Å². The lowest BCUT2D eigenvalue weighted by Gasteiger charge is -2.25. The van der Waals surface area contributed by atoms with E-state index in [1.165, 1.54) is 12.1 Å². The molecule has 0 aliphatic rings. The molecular formula is C33H34F7N3O2. The molecule has 1 heterocycles. The Morgan fingerprint density at radius 1 is 0.800 bits per heavy atom. The number of hydrogen-bond donors (Lipinski definition) is 0. The Labute approximate surface area is 257 Å². The van der Waals surface area contributed by atoms with Crippen LogP contribution in [0.5, 0.6) is 11.5 Å². The van der Waals surface area contributed by atoms with E-state index >= 15 is 0 Å². The summed E-state index contributed by atoms with van der Waals surface area (Å²) in [5.74, 6) is 0.199. The number of aryl methyl sites for hydroxylation is 2. The van der Waals surface area contributed by atoms with Crippen molar-refractivity contribution < 1.29 is 40.2 Å². The molecule has 0 atom stereocenters. The zero-order chi connectivity index (χ0) is 32.7. The van der Waals surface area contributed by atoms with E-state index in [1.807, 2.05) is 6.92 Å². The summed E-state index contributed by atoms with van der Waals surface area (Å²) in [6.07, 6.45) is -3.37. The highest BCUT2D eigenvalue weighted by Crippen LogP contribution is 2.36. The summed E-state index contributed by atoms with van der Waals surface area (Å²) in [4.78, 5) is 5.89. The van der Waals surface area contributed by atoms with E-state index < -0.39 is 25.1 Å². The average Bonchev–Trinajstić information content (AvgIpc) is 3.33. The maximum atomic E-state index is 14.5. The van der Waals surface area contributed by atoms with E-state index in [2.05, 4.69) is 14.5 Å². The van der Waals surface area contributed by atoms with E-state index in [0.717, 1.165) is 6.42 Å². The smallest absolute Gasteiger partial charge is 0.435 e. The summed E-state index contributed by atoms with van der Waals surface area (Å²) in [7, 11) is 0. The second-order valence-corrected chi connectivity index (χ2v) is 10.7. The van der Waals surface area contributed by atoms with Gasteiger partial charge in [0.25, 0.3) is 0 Å². The molecule has 242 valence electrons. The Bertz CT molecular complexity index is 1520. The van der Waals surface area contributed by atoms with Crippen molar-refractivity contribution >= 4 is 0 Å². The van der Waals surface area contributed by atoms with Crippen molar-refractivity contribution in [1.82, 2.24) is 14.5 Å². The Morgan fingerprint density at radius 2 is 1.40 bits per heavy atom. The Morgan fingerprint density at radius 3 is 1.96 bits per heavy atom. The number of unbranched alkanes of at least 4 members (excludes halogenated alkanes) is 1. The van der Waals surface area contributed by atoms with Crippen LogP contribution >= 0.6 is 0 Å². The molecule has 4 aromatic rings. The molecule has 45 heavy (non-hydrogen) atoms. The third kappa shape index (κ3) is 9.00. The highest BCUT2D eigenvalue weighted by Gasteiger charge is 2.39. The average molecular weight is 638 g/mol. The van der Waals surface area contributed by atoms with Crippen LogP contribution in [0.2, 0.25) is 0 Å². The number of hydrogen-bond acceptors (Lipinski definition) is 4. The van der Waals surface area contributed by atoms with Crippen molar-refractivity contribution in [3.8, 4) is 22.9 Å². The first-order valence-corrected chi connectivity index (χ1v) is 14.4. The SMILES string of the molecule is CCCCn1c(-c2ccccc2)nc(C(F)(F)F)c1CN(Cc1ccc(OC(F)F)cc1)Cc1cc(C)c(OC(F)F)c(C)c1. The summed E-state index contributed by atoms with van der Waals surface area (Å²) in [5, 5.41) is 0. The molecule has 0 amide bonds. The first kappa shape index (κ1) is 33.8. The highest BCUT2D eigenvalue weighted by atomic mass is 19.4. The summed E-state index contributed by atoms with van der Waals surface area (Å²) in [6.45, 7) is -0.400. The molecular weight excluding hydrogens is 603 g/mol. The van der Waals surface area contributed by atoms with Gasteiger partial charge in [-0.25, -0.2) is 4.98 Å². The third-order valence-corrected chi connectivity index (χ3v) is 7.17. The van der Waals surface area contributed by atoms with Gasteiger partial charge in [-0.05, 0) is 54.7 Å². The number of aromatic nitrogens is 2. The second kappa shape index (κ2) is 14.8. The second-order valence-electron chi connectivity index (χ2n) is 10.7. The Balaban J connectivity index is 1.78. The molecule has 0 N–H and O–H groups in total. The molecule has 3 aromatic carbocycles. The van der Waals surface area contributed by atoms with Crippen LogP contribution in [-0.4, -0.2) is 27.7 Å². The van der Waals surface area contributed by atoms with Crippen LogP contribution in [-0.2, 0) is 32.4 Å². The number of alkyl halides is 7. The maximum absolute atomic E-state index is 14.5. The van der Waals surface area contributed by atoms with Gasteiger partial charge in [0.05, 0.1) is 5.69 Å². The molecule has 0 fully saturated rings. The highest BCUT2D eigenvalue weighted by molar-refractivity contribution is 5.57. The summed E-state index contributed by atoms with van der Waals surface area (Å²) < 4.78 is 106. The molecule has 0 saturated heterocycles. The molecule has 0 spiro atoms. The topological polar surface area (TPSA) is 39.5 Å². The summed E-state index contributed by atoms with van der Waals surface area (Å²) in [6, 6.07) is 17.8. The van der Waals surface area contributed by atoms with Gasteiger partial charge < -0.3 is 14.0 Å². The van der Waals surface area contributed by atoms with Crippen LogP contribution in [0.1, 0.15) is 53.4 Å². The Hall–Kier alpha value is -4.06. The van der Waals surface area contributed by atoms with Gasteiger partial charge in [0.15, 0.2) is 5.69 Å². The van der Waals surface area contributed by atoms with E-state index in [4.69, 9.17) is 0 Å². The van der Waals surface area contributed by atoms with Gasteiger partial charge in [-0.1, -0.05) is 67.9 Å². The van der Waals surface area contributed by atoms with Crippen LogP contribution < -0.4 is 9.47 Å². The van der Waals surface area contributed by atoms with Crippen molar-refractivity contribution in [2.75, 3.05) is 0 Å². The molecule has 0 aliphatic heterocycles. The molecule has 4 rings (SSSR count). The molecule has 0 saturated carbocycles. The van der Waals surface area contributed by atoms with Crippen molar-refractivity contribution in [2.24, 2.45) is 0 Å². The van der Waals surface area contributed by atoms with Crippen LogP contribution in [0.25, 0.3) is 11.4 Å². The zero-order valence-corrected chi connectivity index (χ0v) is 25.1. The molecule has 0 aliphatic carbocycles. The fraction of sp³-hybridized carbons (Fsp3) is 0.364. The molecule has 0 bridgehead atoms. The first-order valence-electron chi connectivity index (χ1n) is 14.4. The fourth-order valence-electron chi connectivity index (χ4n) is 5.32. The molecule has 0 unspecified atom stereocenters. The lowest BCUT2D eigenvalue weighted by molar-refractivity contribution is -0.141. The quantitative estimate of drug-likeness (QED) is 0.129. The largest absolute Gasteiger partial charge is 0.435 e. The lowest BCUT2D eigenvalue weighted by Crippen LogP contribution is -2.26. The van der Waals surface area contributed by atoms with Gasteiger partial charge >= 0.3 is 19.4 Å². The first-order chi connectivity index (χ1) is 21.3. The van der Waals surface area contributed by atoms with Crippen LogP contribution in [0.15, 0.2) is 66.7 Å². The summed E-state index contributed by atoms with van der Waals surface area (Å²) in [5.41, 5.74) is 1.75. The number of imidazole rings is 1. The third-order valence-electron chi connectivity index (χ3n) is 7.17. The molecule has 0 radical (unpaired) electrons. The molecule has 12 heteroatoms. The number of halogens is 7. The molecule has 5 nitrogen and oxygen atoms in total. The van der Waals surface area contributed by atoms with Crippen molar-refractivity contribution in [3.63, 3.8) is 0 Å². The predicted molar refractivity (Wildman–Crippen MR) is 156 cm³/mol. The van der Waals surface area contributed by atoms with Crippen LogP contribution in [0.3, 0.4) is 0 Å². The van der Waals surface area contributed by atoms with Crippen molar-refractivity contribution in [2.45, 2.75) is 79.2 Å². The minimum atomic E-state index is -4.74. The number of rotatable bonds is 14. The fourth-order valence-corrected chi connectivity index (χ4v) is 5.32. The van der Waals surface area contributed by atoms with Gasteiger partial charge in [0.1, 0.15) is 17.3 Å². The minimum Gasteiger partial charge on any atom is -0.435 e. The monoisotopic (exact) mass is 637 g/mol. The standard InChI is InChI=1S/C33H34F7N3O2/c1-4-5-15-43-27(29(33(38,39)40)41-30(43)25-9-7-6-8-10-25)20-42(18-23-11-13-26(14-12-23)44-31(34)35)19-24-16-21(2)28(22(3)17-24)45-32(36)37/h6-14,16-17,31-32H,4-5,15,18-20H2,1-3H3. The van der Waals surface area contributed by atoms with Gasteiger partial charge in [-0.2, -0.15) is 30.7 Å². The van der Waals surface area contributed by atoms with Crippen molar-refractivity contribution in [1.29, 1.82) is 0 Å². The van der Waals surface area contributed by atoms with Gasteiger partial charge in [-0.15, -0.1) is 0 Å². The van der Waals surface area contributed by atoms with E-state index in [0.29, 0.717) is 40.8 Å². The maximum Gasteiger partial charge on any atom is 0.435 e. The van der Waals surface area contributed by atoms with Crippen LogP contribution in [0, 0.1) is 13.8 Å². The number of ether oxygens (including phenoxy) is 2. The van der Waals surface area contributed by atoms with Gasteiger partial charge in [0.2, 0.25) is 0 Å². The van der Waals surface area contributed by atoms with E-state index in [9.17, 15) is 30.7 Å². The Kier molecular flexibility index (Phi) is 11.1. The predicted octanol–water partition coefficient (Wildman–Crippen LogP) is 9.39. The lowest BCUT2D eigenvalue weighted by atomic mass is 10.0. The van der Waals surface area contributed by atoms with Gasteiger partial charge in [-0.3, -0.25) is 4.90 Å². The normalized spacial score (nSPS) is 12.0. The van der Waals surface area contributed by atoms with Gasteiger partial charge in [0, 0.05) is 31.7 Å². The molecule has 1 aromatic heterocycles. The minimum absolute atomic E-state index is 0.0152.